The van der Waals surface area contributed by atoms with Crippen LogP contribution in [0, 0.1) is 17.3 Å². The number of hydrogen-bond donors (Lipinski definition) is 1. The zero-order valence-electron chi connectivity index (χ0n) is 13.7. The third-order valence-corrected chi connectivity index (χ3v) is 6.19. The molecule has 1 heterocycles. The first-order chi connectivity index (χ1) is 10.5. The van der Waals surface area contributed by atoms with Crippen LogP contribution in [0.3, 0.4) is 0 Å². The van der Waals surface area contributed by atoms with Crippen molar-refractivity contribution in [3.63, 3.8) is 0 Å². The van der Waals surface area contributed by atoms with Gasteiger partial charge in [0.25, 0.3) is 0 Å². The molecular weight excluding hydrogens is 276 g/mol. The minimum absolute atomic E-state index is 0.0965. The van der Waals surface area contributed by atoms with Crippen LogP contribution in [0.5, 0.6) is 11.5 Å². The van der Waals surface area contributed by atoms with Crippen LogP contribution < -0.4 is 4.74 Å². The summed E-state index contributed by atoms with van der Waals surface area (Å²) in [5.74, 6) is 2.27. The molecule has 0 bridgehead atoms. The van der Waals surface area contributed by atoms with Crippen molar-refractivity contribution in [3.05, 3.63) is 34.9 Å². The second-order valence-electron chi connectivity index (χ2n) is 7.51. The average molecular weight is 300 g/mol. The van der Waals surface area contributed by atoms with E-state index in [1.807, 2.05) is 12.1 Å². The van der Waals surface area contributed by atoms with E-state index in [-0.39, 0.29) is 17.3 Å². The topological polar surface area (TPSA) is 38.7 Å². The summed E-state index contributed by atoms with van der Waals surface area (Å²) < 4.78 is 11.5. The first kappa shape index (κ1) is 14.1. The van der Waals surface area contributed by atoms with E-state index in [2.05, 4.69) is 26.8 Å². The second kappa shape index (κ2) is 4.51. The lowest BCUT2D eigenvalue weighted by Crippen LogP contribution is -2.33. The summed E-state index contributed by atoms with van der Waals surface area (Å²) in [6.07, 6.45) is 3.70. The van der Waals surface area contributed by atoms with Gasteiger partial charge in [0.1, 0.15) is 0 Å². The van der Waals surface area contributed by atoms with Gasteiger partial charge in [0.15, 0.2) is 11.5 Å². The molecule has 2 aliphatic carbocycles. The van der Waals surface area contributed by atoms with Crippen molar-refractivity contribution in [2.75, 3.05) is 13.7 Å². The zero-order valence-corrected chi connectivity index (χ0v) is 13.7. The third-order valence-electron chi connectivity index (χ3n) is 6.19. The highest BCUT2D eigenvalue weighted by molar-refractivity contribution is 5.55. The molecule has 22 heavy (non-hydrogen) atoms. The number of phenols is 1. The number of aromatic hydroxyl groups is 1. The van der Waals surface area contributed by atoms with Crippen LogP contribution in [0.4, 0.5) is 0 Å². The van der Waals surface area contributed by atoms with Crippen LogP contribution in [0.25, 0.3) is 0 Å². The van der Waals surface area contributed by atoms with Gasteiger partial charge in [-0.2, -0.15) is 0 Å². The van der Waals surface area contributed by atoms with Crippen LogP contribution in [0.15, 0.2) is 23.8 Å². The number of benzene rings is 1. The van der Waals surface area contributed by atoms with Gasteiger partial charge >= 0.3 is 0 Å². The van der Waals surface area contributed by atoms with Gasteiger partial charge in [0.2, 0.25) is 0 Å². The van der Waals surface area contributed by atoms with Gasteiger partial charge in [-0.25, -0.2) is 0 Å². The van der Waals surface area contributed by atoms with Gasteiger partial charge in [0.05, 0.1) is 19.8 Å². The molecule has 0 saturated carbocycles. The summed E-state index contributed by atoms with van der Waals surface area (Å²) in [5, 5.41) is 10.2. The van der Waals surface area contributed by atoms with Gasteiger partial charge in [-0.15, -0.1) is 0 Å². The smallest absolute Gasteiger partial charge is 0.160 e. The lowest BCUT2D eigenvalue weighted by Gasteiger charge is -2.40. The Morgan fingerprint density at radius 2 is 2.09 bits per heavy atom. The molecular formula is C19H24O3. The van der Waals surface area contributed by atoms with Crippen molar-refractivity contribution in [1.29, 1.82) is 0 Å². The molecule has 0 radical (unpaired) electrons. The molecule has 1 saturated heterocycles. The number of rotatable bonds is 2. The summed E-state index contributed by atoms with van der Waals surface area (Å²) in [6.45, 7) is 7.73. The molecule has 1 fully saturated rings. The van der Waals surface area contributed by atoms with Crippen molar-refractivity contribution in [3.8, 4) is 11.5 Å². The number of methoxy groups -OCH3 is 1. The maximum absolute atomic E-state index is 10.2. The maximum Gasteiger partial charge on any atom is 0.160 e. The number of ether oxygens (including phenoxy) is 2. The summed E-state index contributed by atoms with van der Waals surface area (Å²) in [7, 11) is 1.61. The monoisotopic (exact) mass is 300 g/mol. The highest BCUT2D eigenvalue weighted by Crippen LogP contribution is 2.67. The van der Waals surface area contributed by atoms with E-state index in [0.717, 1.165) is 18.6 Å². The first-order valence-corrected chi connectivity index (χ1v) is 8.19. The fourth-order valence-corrected chi connectivity index (χ4v) is 4.77. The molecule has 1 aliphatic heterocycles. The van der Waals surface area contributed by atoms with Crippen LogP contribution >= 0.6 is 0 Å². The number of fused-ring (bicyclic) bond motifs is 3. The number of hydrogen-bond acceptors (Lipinski definition) is 3. The molecule has 4 atom stereocenters. The Kier molecular flexibility index (Phi) is 2.90. The molecule has 3 nitrogen and oxygen atoms in total. The lowest BCUT2D eigenvalue weighted by molar-refractivity contribution is 0.0606. The summed E-state index contributed by atoms with van der Waals surface area (Å²) in [5.41, 5.74) is 4.07. The van der Waals surface area contributed by atoms with E-state index in [4.69, 9.17) is 9.47 Å². The average Bonchev–Trinajstić information content (AvgIpc) is 2.94. The molecule has 0 amide bonds. The zero-order chi connectivity index (χ0) is 15.6. The molecule has 1 unspecified atom stereocenters. The molecule has 0 aromatic heterocycles. The highest BCUT2D eigenvalue weighted by Gasteiger charge is 2.60. The first-order valence-electron chi connectivity index (χ1n) is 8.19. The van der Waals surface area contributed by atoms with E-state index >= 15 is 0 Å². The van der Waals surface area contributed by atoms with Gasteiger partial charge in [0, 0.05) is 11.3 Å². The molecule has 3 heteroatoms. The largest absolute Gasteiger partial charge is 0.504 e. The standard InChI is InChI=1S/C19H24O3/c1-10(2)11-5-12-9-22-18-14-7-16(20)17(21-4)8-13(14)15(6-11)19(12,18)3/h6-8,10,12,15,18,20H,5,9H2,1-4H3/t12-,15?,18-,19+/m0/s1. The Hall–Kier alpha value is -1.48. The Labute approximate surface area is 131 Å². The lowest BCUT2D eigenvalue weighted by atomic mass is 9.62. The Balaban J connectivity index is 1.92. The number of allylic oxidation sites excluding steroid dienone is 2. The Morgan fingerprint density at radius 1 is 1.32 bits per heavy atom. The van der Waals surface area contributed by atoms with E-state index in [1.165, 1.54) is 11.1 Å². The highest BCUT2D eigenvalue weighted by atomic mass is 16.5. The molecule has 1 N–H and O–H groups in total. The minimum atomic E-state index is 0.0965. The predicted octanol–water partition coefficient (Wildman–Crippen LogP) is 4.18. The number of phenolic OH excluding ortho intramolecular Hbond substituents is 1. The quantitative estimate of drug-likeness (QED) is 0.833. The van der Waals surface area contributed by atoms with Crippen LogP contribution in [0.1, 0.15) is 50.3 Å². The van der Waals surface area contributed by atoms with Gasteiger partial charge in [-0.1, -0.05) is 32.4 Å². The molecule has 3 aliphatic rings. The third kappa shape index (κ3) is 1.60. The van der Waals surface area contributed by atoms with Gasteiger partial charge in [-0.3, -0.25) is 0 Å². The Bertz CT molecular complexity index is 661. The minimum Gasteiger partial charge on any atom is -0.504 e. The second-order valence-corrected chi connectivity index (χ2v) is 7.51. The van der Waals surface area contributed by atoms with E-state index < -0.39 is 0 Å². The SMILES string of the molecule is COc1cc2c(cc1O)[C@@H]1OC[C@@H]3CC(C(C)C)=CC2[C@@]31C. The van der Waals surface area contributed by atoms with E-state index in [1.54, 1.807) is 7.11 Å². The summed E-state index contributed by atoms with van der Waals surface area (Å²) >= 11 is 0. The van der Waals surface area contributed by atoms with Gasteiger partial charge < -0.3 is 14.6 Å². The molecule has 1 aromatic carbocycles. The molecule has 118 valence electrons. The molecule has 1 aromatic rings. The normalized spacial score (nSPS) is 35.3. The maximum atomic E-state index is 10.2. The summed E-state index contributed by atoms with van der Waals surface area (Å²) in [6, 6.07) is 3.87. The van der Waals surface area contributed by atoms with Crippen LogP contribution in [-0.4, -0.2) is 18.8 Å². The predicted molar refractivity (Wildman–Crippen MR) is 85.2 cm³/mol. The van der Waals surface area contributed by atoms with Gasteiger partial charge in [-0.05, 0) is 41.5 Å². The van der Waals surface area contributed by atoms with Crippen LogP contribution in [-0.2, 0) is 4.74 Å². The molecule has 4 rings (SSSR count). The van der Waals surface area contributed by atoms with Crippen LogP contribution in [0.2, 0.25) is 0 Å². The Morgan fingerprint density at radius 3 is 2.77 bits per heavy atom. The fourth-order valence-electron chi connectivity index (χ4n) is 4.77. The van der Waals surface area contributed by atoms with Crippen molar-refractivity contribution in [2.45, 2.75) is 39.2 Å². The van der Waals surface area contributed by atoms with Crippen molar-refractivity contribution >= 4 is 0 Å². The van der Waals surface area contributed by atoms with Crippen molar-refractivity contribution in [2.24, 2.45) is 17.3 Å². The van der Waals surface area contributed by atoms with E-state index in [0.29, 0.717) is 23.5 Å². The fraction of sp³-hybridized carbons (Fsp3) is 0.579. The van der Waals surface area contributed by atoms with Crippen molar-refractivity contribution in [1.82, 2.24) is 0 Å². The van der Waals surface area contributed by atoms with Crippen molar-refractivity contribution < 1.29 is 14.6 Å². The molecule has 0 spiro atoms. The summed E-state index contributed by atoms with van der Waals surface area (Å²) in [4.78, 5) is 0. The van der Waals surface area contributed by atoms with E-state index in [9.17, 15) is 5.11 Å².